The summed E-state index contributed by atoms with van der Waals surface area (Å²) in [6, 6.07) is 13.4. The van der Waals surface area contributed by atoms with Gasteiger partial charge in [0.15, 0.2) is 11.5 Å². The van der Waals surface area contributed by atoms with Crippen LogP contribution in [-0.4, -0.2) is 62.8 Å². The van der Waals surface area contributed by atoms with Crippen molar-refractivity contribution in [2.24, 2.45) is 11.8 Å². The zero-order valence-corrected chi connectivity index (χ0v) is 19.4. The van der Waals surface area contributed by atoms with Crippen LogP contribution in [0.25, 0.3) is 0 Å². The molecule has 4 atom stereocenters. The lowest BCUT2D eigenvalue weighted by molar-refractivity contribution is -0.135. The van der Waals surface area contributed by atoms with Crippen LogP contribution in [0.2, 0.25) is 0 Å². The Morgan fingerprint density at radius 3 is 2.47 bits per heavy atom. The quantitative estimate of drug-likeness (QED) is 0.605. The molecule has 2 saturated heterocycles. The van der Waals surface area contributed by atoms with E-state index in [2.05, 4.69) is 17.4 Å². The molecule has 3 aliphatic rings. The van der Waals surface area contributed by atoms with Gasteiger partial charge in [-0.15, -0.1) is 0 Å². The topological polar surface area (TPSA) is 86.3 Å². The van der Waals surface area contributed by atoms with Crippen molar-refractivity contribution in [3.05, 3.63) is 60.2 Å². The minimum absolute atomic E-state index is 0.0344. The van der Waals surface area contributed by atoms with Gasteiger partial charge in [0.25, 0.3) is 0 Å². The van der Waals surface area contributed by atoms with Crippen molar-refractivity contribution >= 4 is 17.5 Å². The molecule has 5 rings (SSSR count). The van der Waals surface area contributed by atoms with Crippen LogP contribution in [0.5, 0.6) is 17.2 Å². The molecule has 2 aromatic carbocycles. The zero-order valence-electron chi connectivity index (χ0n) is 19.4. The third-order valence-electron chi connectivity index (χ3n) is 6.93. The maximum Gasteiger partial charge on any atom is 0.231 e. The molecule has 1 N–H and O–H groups in total. The Morgan fingerprint density at radius 1 is 1.12 bits per heavy atom. The summed E-state index contributed by atoms with van der Waals surface area (Å²) in [7, 11) is 4.55. The minimum atomic E-state index is -0.740. The van der Waals surface area contributed by atoms with Gasteiger partial charge in [-0.25, -0.2) is 0 Å². The maximum atomic E-state index is 13.4. The summed E-state index contributed by atoms with van der Waals surface area (Å²) in [4.78, 5) is 28.7. The monoisotopic (exact) mass is 464 g/mol. The number of rotatable bonds is 8. The van der Waals surface area contributed by atoms with Crippen LogP contribution in [0.15, 0.2) is 54.6 Å². The molecular formula is C26H28N2O6. The molecule has 2 bridgehead atoms. The fourth-order valence-electron chi connectivity index (χ4n) is 5.35. The van der Waals surface area contributed by atoms with Crippen LogP contribution in [0.4, 0.5) is 5.69 Å². The molecule has 2 amide bonds. The Hall–Kier alpha value is -3.52. The molecule has 178 valence electrons. The van der Waals surface area contributed by atoms with Gasteiger partial charge in [-0.2, -0.15) is 0 Å². The Balaban J connectivity index is 1.34. The molecule has 0 aliphatic carbocycles. The highest BCUT2D eigenvalue weighted by Gasteiger charge is 2.66. The SMILES string of the molecule is COc1cc(NC(=O)[C@@H]2[C@H]3C(=O)N(CCc4ccccc4)C[C@@]34C=C[C@H]2O4)cc(OC)c1OC. The number of carbonyl (C=O) groups is 2. The van der Waals surface area contributed by atoms with Crippen LogP contribution in [0, 0.1) is 11.8 Å². The molecule has 3 aliphatic heterocycles. The van der Waals surface area contributed by atoms with Crippen molar-refractivity contribution < 1.29 is 28.5 Å². The predicted molar refractivity (Wildman–Crippen MR) is 125 cm³/mol. The number of nitrogens with zero attached hydrogens (tertiary/aromatic N) is 1. The Morgan fingerprint density at radius 2 is 1.82 bits per heavy atom. The van der Waals surface area contributed by atoms with Gasteiger partial charge >= 0.3 is 0 Å². The molecule has 0 aromatic heterocycles. The minimum Gasteiger partial charge on any atom is -0.493 e. The third-order valence-corrected chi connectivity index (χ3v) is 6.93. The van der Waals surface area contributed by atoms with E-state index in [1.165, 1.54) is 26.9 Å². The van der Waals surface area contributed by atoms with Crippen molar-refractivity contribution in [1.29, 1.82) is 0 Å². The second kappa shape index (κ2) is 8.68. The van der Waals surface area contributed by atoms with E-state index in [1.807, 2.05) is 35.3 Å². The average Bonchev–Trinajstić information content (AvgIpc) is 3.50. The highest BCUT2D eigenvalue weighted by molar-refractivity contribution is 5.99. The molecular weight excluding hydrogens is 436 g/mol. The Kier molecular flexibility index (Phi) is 5.69. The summed E-state index contributed by atoms with van der Waals surface area (Å²) in [6.45, 7) is 1.05. The van der Waals surface area contributed by atoms with E-state index in [0.29, 0.717) is 36.0 Å². The van der Waals surface area contributed by atoms with Gasteiger partial charge in [-0.05, 0) is 12.0 Å². The van der Waals surface area contributed by atoms with Crippen LogP contribution in [-0.2, 0) is 20.7 Å². The fourth-order valence-corrected chi connectivity index (χ4v) is 5.35. The summed E-state index contributed by atoms with van der Waals surface area (Å²) in [6.07, 6.45) is 4.20. The van der Waals surface area contributed by atoms with E-state index < -0.39 is 23.5 Å². The number of likely N-dealkylation sites (tertiary alicyclic amines) is 1. The van der Waals surface area contributed by atoms with Crippen molar-refractivity contribution in [1.82, 2.24) is 4.90 Å². The van der Waals surface area contributed by atoms with Crippen molar-refractivity contribution in [3.63, 3.8) is 0 Å². The lowest BCUT2D eigenvalue weighted by Crippen LogP contribution is -2.41. The lowest BCUT2D eigenvalue weighted by Gasteiger charge is -2.24. The molecule has 2 aromatic rings. The first kappa shape index (κ1) is 22.3. The number of methoxy groups -OCH3 is 3. The smallest absolute Gasteiger partial charge is 0.231 e. The standard InChI is InChI=1S/C26H28N2O6/c1-31-19-13-17(14-20(32-2)23(19)33-3)27-24(29)21-18-9-11-26(34-18)15-28(25(30)22(21)26)12-10-16-7-5-4-6-8-16/h4-9,11,13-14,18,21-22H,10,12,15H2,1-3H3,(H,27,29)/t18-,21+,22+,26+/m1/s1. The molecule has 34 heavy (non-hydrogen) atoms. The number of amides is 2. The number of nitrogens with one attached hydrogen (secondary N) is 1. The first-order chi connectivity index (χ1) is 16.5. The average molecular weight is 465 g/mol. The Labute approximate surface area is 198 Å². The predicted octanol–water partition coefficient (Wildman–Crippen LogP) is 2.68. The van der Waals surface area contributed by atoms with Crippen LogP contribution >= 0.6 is 0 Å². The lowest BCUT2D eigenvalue weighted by atomic mass is 9.77. The summed E-state index contributed by atoms with van der Waals surface area (Å²) >= 11 is 0. The number of hydrogen-bond acceptors (Lipinski definition) is 6. The van der Waals surface area contributed by atoms with E-state index in [9.17, 15) is 9.59 Å². The van der Waals surface area contributed by atoms with Crippen molar-refractivity contribution in [3.8, 4) is 17.2 Å². The fraction of sp³-hybridized carbons (Fsp3) is 0.385. The maximum absolute atomic E-state index is 13.4. The van der Waals surface area contributed by atoms with Gasteiger partial charge in [0, 0.05) is 24.4 Å². The van der Waals surface area contributed by atoms with E-state index in [1.54, 1.807) is 12.1 Å². The first-order valence-corrected chi connectivity index (χ1v) is 11.3. The molecule has 0 unspecified atom stereocenters. The summed E-state index contributed by atoms with van der Waals surface area (Å²) in [5.74, 6) is -0.156. The molecule has 0 radical (unpaired) electrons. The molecule has 8 nitrogen and oxygen atoms in total. The largest absolute Gasteiger partial charge is 0.493 e. The number of carbonyl (C=O) groups excluding carboxylic acids is 2. The van der Waals surface area contributed by atoms with Gasteiger partial charge < -0.3 is 29.2 Å². The summed E-state index contributed by atoms with van der Waals surface area (Å²) in [5, 5.41) is 2.93. The second-order valence-electron chi connectivity index (χ2n) is 8.80. The van der Waals surface area contributed by atoms with Crippen LogP contribution < -0.4 is 19.5 Å². The van der Waals surface area contributed by atoms with E-state index in [0.717, 1.165) is 6.42 Å². The number of fused-ring (bicyclic) bond motifs is 1. The number of ether oxygens (including phenoxy) is 4. The van der Waals surface area contributed by atoms with Gasteiger partial charge in [-0.3, -0.25) is 9.59 Å². The Bertz CT molecular complexity index is 1110. The highest BCUT2D eigenvalue weighted by Crippen LogP contribution is 2.52. The van der Waals surface area contributed by atoms with Crippen molar-refractivity contribution in [2.45, 2.75) is 18.1 Å². The van der Waals surface area contributed by atoms with Crippen LogP contribution in [0.3, 0.4) is 0 Å². The zero-order chi connectivity index (χ0) is 23.9. The van der Waals surface area contributed by atoms with Crippen molar-refractivity contribution in [2.75, 3.05) is 39.7 Å². The third kappa shape index (κ3) is 3.58. The van der Waals surface area contributed by atoms with E-state index in [-0.39, 0.29) is 11.8 Å². The molecule has 3 heterocycles. The molecule has 2 fully saturated rings. The van der Waals surface area contributed by atoms with Crippen LogP contribution in [0.1, 0.15) is 5.56 Å². The summed E-state index contributed by atoms with van der Waals surface area (Å²) in [5.41, 5.74) is 0.921. The van der Waals surface area contributed by atoms with E-state index in [4.69, 9.17) is 18.9 Å². The highest BCUT2D eigenvalue weighted by atomic mass is 16.5. The number of anilines is 1. The number of benzene rings is 2. The van der Waals surface area contributed by atoms with Gasteiger partial charge in [-0.1, -0.05) is 42.5 Å². The molecule has 1 spiro atoms. The van der Waals surface area contributed by atoms with Gasteiger partial charge in [0.2, 0.25) is 17.6 Å². The van der Waals surface area contributed by atoms with Gasteiger partial charge in [0.05, 0.1) is 45.8 Å². The number of hydrogen-bond donors (Lipinski definition) is 1. The van der Waals surface area contributed by atoms with Gasteiger partial charge in [0.1, 0.15) is 5.60 Å². The van der Waals surface area contributed by atoms with E-state index >= 15 is 0 Å². The molecule has 0 saturated carbocycles. The first-order valence-electron chi connectivity index (χ1n) is 11.3. The second-order valence-corrected chi connectivity index (χ2v) is 8.80. The molecule has 8 heteroatoms. The normalized spacial score (nSPS) is 26.5. The summed E-state index contributed by atoms with van der Waals surface area (Å²) < 4.78 is 22.4.